The normalized spacial score (nSPS) is 18.0. The summed E-state index contributed by atoms with van der Waals surface area (Å²) in [5.74, 6) is 0.864. The quantitative estimate of drug-likeness (QED) is 0.232. The second-order valence-corrected chi connectivity index (χ2v) is 7.65. The second-order valence-electron chi connectivity index (χ2n) is 7.65. The van der Waals surface area contributed by atoms with Crippen molar-refractivity contribution in [1.82, 2.24) is 10.6 Å². The molecule has 29 heavy (non-hydrogen) atoms. The molecule has 0 atom stereocenters. The van der Waals surface area contributed by atoms with Crippen LogP contribution in [0.25, 0.3) is 0 Å². The number of nitrogens with one attached hydrogen (secondary N) is 2. The average molecular weight is 513 g/mol. The molecule has 2 aliphatic rings. The van der Waals surface area contributed by atoms with Crippen molar-refractivity contribution in [3.8, 4) is 0 Å². The minimum absolute atomic E-state index is 0. The van der Waals surface area contributed by atoms with E-state index in [1.807, 2.05) is 7.05 Å². The number of allylic oxidation sites excluding steroid dienone is 1. The molecule has 1 heterocycles. The Morgan fingerprint density at radius 3 is 2.55 bits per heavy atom. The van der Waals surface area contributed by atoms with Gasteiger partial charge in [0.25, 0.3) is 0 Å². The molecule has 1 saturated heterocycles. The third-order valence-electron chi connectivity index (χ3n) is 5.48. The van der Waals surface area contributed by atoms with Gasteiger partial charge in [-0.2, -0.15) is 0 Å². The number of aliphatic imine (C=N–C) groups is 1. The minimum Gasteiger partial charge on any atom is -0.381 e. The van der Waals surface area contributed by atoms with Crippen molar-refractivity contribution in [2.45, 2.75) is 64.2 Å². The Bertz CT molecular complexity index is 640. The number of guanidine groups is 1. The lowest BCUT2D eigenvalue weighted by Gasteiger charge is -2.22. The van der Waals surface area contributed by atoms with Crippen molar-refractivity contribution in [2.24, 2.45) is 4.99 Å². The van der Waals surface area contributed by atoms with Crippen LogP contribution in [0.3, 0.4) is 0 Å². The summed E-state index contributed by atoms with van der Waals surface area (Å²) in [6.45, 7) is 4.03. The van der Waals surface area contributed by atoms with Crippen LogP contribution in [-0.4, -0.2) is 38.9 Å². The zero-order chi connectivity index (χ0) is 19.4. The summed E-state index contributed by atoms with van der Waals surface area (Å²) in [4.78, 5) is 4.33. The first kappa shape index (κ1) is 24.2. The van der Waals surface area contributed by atoms with Crippen LogP contribution in [0.4, 0.5) is 0 Å². The fraction of sp³-hybridized carbons (Fsp3) is 0.609. The molecular formula is C23H36IN3O2. The van der Waals surface area contributed by atoms with Gasteiger partial charge in [0.15, 0.2) is 5.96 Å². The molecule has 0 radical (unpaired) electrons. The molecule has 0 unspecified atom stereocenters. The SMILES string of the molecule is CN=C(NCCC1=CCCCC1)NCc1ccc(COC2CCOCC2)cc1.I. The van der Waals surface area contributed by atoms with E-state index in [2.05, 4.69) is 46.0 Å². The number of hydrogen-bond donors (Lipinski definition) is 2. The maximum absolute atomic E-state index is 5.99. The van der Waals surface area contributed by atoms with E-state index >= 15 is 0 Å². The van der Waals surface area contributed by atoms with E-state index in [0.717, 1.165) is 51.5 Å². The molecule has 5 nitrogen and oxygen atoms in total. The highest BCUT2D eigenvalue weighted by molar-refractivity contribution is 14.0. The molecule has 0 amide bonds. The Kier molecular flexibility index (Phi) is 11.6. The zero-order valence-electron chi connectivity index (χ0n) is 17.6. The lowest BCUT2D eigenvalue weighted by molar-refractivity contribution is -0.0390. The topological polar surface area (TPSA) is 54.9 Å². The van der Waals surface area contributed by atoms with E-state index in [1.54, 1.807) is 5.57 Å². The Morgan fingerprint density at radius 2 is 1.86 bits per heavy atom. The van der Waals surface area contributed by atoms with E-state index in [0.29, 0.717) is 12.7 Å². The monoisotopic (exact) mass is 513 g/mol. The average Bonchev–Trinajstić information content (AvgIpc) is 2.77. The standard InChI is InChI=1S/C23H35N3O2.HI/c1-24-23(25-14-11-19-5-3-2-4-6-19)26-17-20-7-9-21(10-8-20)18-28-22-12-15-27-16-13-22;/h5,7-10,22H,2-4,6,11-18H2,1H3,(H2,24,25,26);1H. The highest BCUT2D eigenvalue weighted by atomic mass is 127. The lowest BCUT2D eigenvalue weighted by atomic mass is 9.97. The van der Waals surface area contributed by atoms with Gasteiger partial charge in [-0.1, -0.05) is 35.9 Å². The molecule has 6 heteroatoms. The van der Waals surface area contributed by atoms with Crippen LogP contribution in [0.1, 0.15) is 56.1 Å². The number of rotatable bonds is 8. The fourth-order valence-corrected chi connectivity index (χ4v) is 3.69. The molecular weight excluding hydrogens is 477 g/mol. The van der Waals surface area contributed by atoms with Crippen LogP contribution in [0.2, 0.25) is 0 Å². The first-order chi connectivity index (χ1) is 13.8. The van der Waals surface area contributed by atoms with Gasteiger partial charge in [-0.05, 0) is 56.1 Å². The van der Waals surface area contributed by atoms with Gasteiger partial charge in [0.2, 0.25) is 0 Å². The van der Waals surface area contributed by atoms with Crippen LogP contribution in [0, 0.1) is 0 Å². The number of ether oxygens (including phenoxy) is 2. The molecule has 3 rings (SSSR count). The van der Waals surface area contributed by atoms with Gasteiger partial charge in [0.1, 0.15) is 0 Å². The first-order valence-corrected chi connectivity index (χ1v) is 10.7. The van der Waals surface area contributed by atoms with Crippen molar-refractivity contribution < 1.29 is 9.47 Å². The summed E-state index contributed by atoms with van der Waals surface area (Å²) in [6, 6.07) is 8.63. The highest BCUT2D eigenvalue weighted by Crippen LogP contribution is 2.19. The van der Waals surface area contributed by atoms with Crippen molar-refractivity contribution in [3.05, 3.63) is 47.0 Å². The first-order valence-electron chi connectivity index (χ1n) is 10.7. The Labute approximate surface area is 192 Å². The molecule has 0 spiro atoms. The molecule has 1 aliphatic carbocycles. The van der Waals surface area contributed by atoms with Crippen molar-refractivity contribution in [3.63, 3.8) is 0 Å². The predicted octanol–water partition coefficient (Wildman–Crippen LogP) is 4.56. The molecule has 0 saturated carbocycles. The van der Waals surface area contributed by atoms with Gasteiger partial charge < -0.3 is 20.1 Å². The second kappa shape index (κ2) is 14.0. The van der Waals surface area contributed by atoms with Crippen molar-refractivity contribution in [2.75, 3.05) is 26.8 Å². The summed E-state index contributed by atoms with van der Waals surface area (Å²) in [5, 5.41) is 6.82. The Morgan fingerprint density at radius 1 is 1.10 bits per heavy atom. The third-order valence-corrected chi connectivity index (χ3v) is 5.48. The van der Waals surface area contributed by atoms with E-state index in [1.165, 1.54) is 36.8 Å². The Balaban J connectivity index is 0.00000300. The summed E-state index contributed by atoms with van der Waals surface area (Å²) in [7, 11) is 1.83. The smallest absolute Gasteiger partial charge is 0.191 e. The van der Waals surface area contributed by atoms with E-state index in [9.17, 15) is 0 Å². The molecule has 0 bridgehead atoms. The van der Waals surface area contributed by atoms with E-state index in [4.69, 9.17) is 9.47 Å². The number of halogens is 1. The molecule has 0 aromatic heterocycles. The van der Waals surface area contributed by atoms with Gasteiger partial charge in [-0.15, -0.1) is 24.0 Å². The largest absolute Gasteiger partial charge is 0.381 e. The maximum Gasteiger partial charge on any atom is 0.191 e. The number of hydrogen-bond acceptors (Lipinski definition) is 3. The summed E-state index contributed by atoms with van der Waals surface area (Å²) >= 11 is 0. The van der Waals surface area contributed by atoms with Crippen LogP contribution in [0.15, 0.2) is 40.9 Å². The molecule has 1 fully saturated rings. The number of benzene rings is 1. The minimum atomic E-state index is 0. The van der Waals surface area contributed by atoms with Gasteiger partial charge >= 0.3 is 0 Å². The molecule has 2 N–H and O–H groups in total. The number of nitrogens with zero attached hydrogens (tertiary/aromatic N) is 1. The van der Waals surface area contributed by atoms with Crippen LogP contribution in [-0.2, 0) is 22.6 Å². The van der Waals surface area contributed by atoms with Crippen molar-refractivity contribution in [1.29, 1.82) is 0 Å². The predicted molar refractivity (Wildman–Crippen MR) is 130 cm³/mol. The lowest BCUT2D eigenvalue weighted by Crippen LogP contribution is -2.37. The molecule has 1 aliphatic heterocycles. The molecule has 1 aromatic rings. The maximum atomic E-state index is 5.99. The van der Waals surface area contributed by atoms with Gasteiger partial charge in [0.05, 0.1) is 12.7 Å². The third kappa shape index (κ3) is 9.05. The van der Waals surface area contributed by atoms with Gasteiger partial charge in [-0.25, -0.2) is 0 Å². The molecule has 1 aromatic carbocycles. The summed E-state index contributed by atoms with van der Waals surface area (Å²) in [6.07, 6.45) is 11.1. The summed E-state index contributed by atoms with van der Waals surface area (Å²) < 4.78 is 11.4. The van der Waals surface area contributed by atoms with Crippen molar-refractivity contribution >= 4 is 29.9 Å². The summed E-state index contributed by atoms with van der Waals surface area (Å²) in [5.41, 5.74) is 4.05. The zero-order valence-corrected chi connectivity index (χ0v) is 20.0. The Hall–Kier alpha value is -1.12. The molecule has 162 valence electrons. The van der Waals surface area contributed by atoms with Gasteiger partial charge in [-0.3, -0.25) is 4.99 Å². The van der Waals surface area contributed by atoms with Crippen LogP contribution < -0.4 is 10.6 Å². The van der Waals surface area contributed by atoms with Gasteiger partial charge in [0, 0.05) is 33.4 Å². The van der Waals surface area contributed by atoms with Crippen LogP contribution in [0.5, 0.6) is 0 Å². The highest BCUT2D eigenvalue weighted by Gasteiger charge is 2.13. The van der Waals surface area contributed by atoms with E-state index in [-0.39, 0.29) is 24.0 Å². The van der Waals surface area contributed by atoms with E-state index < -0.39 is 0 Å². The van der Waals surface area contributed by atoms with Crippen LogP contribution >= 0.6 is 24.0 Å². The fourth-order valence-electron chi connectivity index (χ4n) is 3.69.